The van der Waals surface area contributed by atoms with Gasteiger partial charge < -0.3 is 9.88 Å². The summed E-state index contributed by atoms with van der Waals surface area (Å²) in [4.78, 5) is 26.4. The van der Waals surface area contributed by atoms with Crippen LogP contribution in [0.25, 0.3) is 0 Å². The van der Waals surface area contributed by atoms with Crippen molar-refractivity contribution >= 4 is 39.1 Å². The lowest BCUT2D eigenvalue weighted by Crippen LogP contribution is -2.29. The van der Waals surface area contributed by atoms with Crippen LogP contribution in [0.1, 0.15) is 52.3 Å². The highest BCUT2D eigenvalue weighted by Crippen LogP contribution is 2.25. The number of hydrogen-bond acceptors (Lipinski definition) is 2. The van der Waals surface area contributed by atoms with Crippen molar-refractivity contribution in [3.63, 3.8) is 0 Å². The number of aromatic nitrogens is 1. The zero-order chi connectivity index (χ0) is 22.7. The van der Waals surface area contributed by atoms with Gasteiger partial charge in [-0.25, -0.2) is 0 Å². The number of nitrogens with one attached hydrogen (secondary N) is 1. The third kappa shape index (κ3) is 4.78. The van der Waals surface area contributed by atoms with Crippen molar-refractivity contribution in [2.75, 3.05) is 5.32 Å². The summed E-state index contributed by atoms with van der Waals surface area (Å²) in [6.45, 7) is 8.32. The van der Waals surface area contributed by atoms with Crippen LogP contribution < -0.4 is 10.7 Å². The van der Waals surface area contributed by atoms with E-state index in [0.717, 1.165) is 40.9 Å². The zero-order valence-corrected chi connectivity index (χ0v) is 20.5. The number of halogens is 2. The summed E-state index contributed by atoms with van der Waals surface area (Å²) < 4.78 is 2.38. The fraction of sp³-hybridized carbons (Fsp3) is 0.280. The maximum absolute atomic E-state index is 13.3. The molecule has 1 aromatic heterocycles. The van der Waals surface area contributed by atoms with Crippen LogP contribution in [0.3, 0.4) is 0 Å². The molecule has 2 aromatic carbocycles. The Kier molecular flexibility index (Phi) is 7.39. The monoisotopic (exact) mass is 500 g/mol. The Morgan fingerprint density at radius 1 is 1.00 bits per heavy atom. The number of hydrogen-bond donors (Lipinski definition) is 1. The van der Waals surface area contributed by atoms with Crippen molar-refractivity contribution in [1.82, 2.24) is 4.57 Å². The second kappa shape index (κ2) is 9.84. The first-order valence-electron chi connectivity index (χ1n) is 10.3. The van der Waals surface area contributed by atoms with E-state index >= 15 is 0 Å². The number of nitrogens with zero attached hydrogens (tertiary/aromatic N) is 1. The van der Waals surface area contributed by atoms with E-state index in [1.807, 2.05) is 60.9 Å². The van der Waals surface area contributed by atoms with Crippen LogP contribution >= 0.6 is 27.5 Å². The van der Waals surface area contributed by atoms with Crippen molar-refractivity contribution in [2.24, 2.45) is 0 Å². The van der Waals surface area contributed by atoms with Gasteiger partial charge >= 0.3 is 0 Å². The maximum Gasteiger partial charge on any atom is 0.261 e. The SMILES string of the molecule is CCc1cccc(CC)c1NC(=O)c1c(C)n(Cc2ccc(Cl)cc2)c(C)c(Br)c1=O. The molecule has 0 saturated carbocycles. The third-order valence-corrected chi connectivity index (χ3v) is 6.82. The average molecular weight is 502 g/mol. The lowest BCUT2D eigenvalue weighted by Gasteiger charge is -2.20. The molecule has 0 aliphatic carbocycles. The van der Waals surface area contributed by atoms with Crippen molar-refractivity contribution in [3.8, 4) is 0 Å². The largest absolute Gasteiger partial charge is 0.343 e. The minimum atomic E-state index is -0.386. The molecule has 6 heteroatoms. The van der Waals surface area contributed by atoms with Gasteiger partial charge in [0.15, 0.2) is 0 Å². The number of carbonyl (C=O) groups is 1. The Morgan fingerprint density at radius 2 is 1.58 bits per heavy atom. The van der Waals surface area contributed by atoms with E-state index in [2.05, 4.69) is 35.1 Å². The number of pyridine rings is 1. The van der Waals surface area contributed by atoms with Crippen molar-refractivity contribution in [1.29, 1.82) is 0 Å². The summed E-state index contributed by atoms with van der Waals surface area (Å²) in [6.07, 6.45) is 1.58. The number of para-hydroxylation sites is 1. The van der Waals surface area contributed by atoms with Crippen molar-refractivity contribution in [2.45, 2.75) is 47.1 Å². The quantitative estimate of drug-likeness (QED) is 0.430. The number of carbonyl (C=O) groups excluding carboxylic acids is 1. The number of anilines is 1. The molecule has 0 saturated heterocycles. The fourth-order valence-corrected chi connectivity index (χ4v) is 4.34. The van der Waals surface area contributed by atoms with Crippen LogP contribution in [0.2, 0.25) is 5.02 Å². The van der Waals surface area contributed by atoms with Gasteiger partial charge in [-0.3, -0.25) is 9.59 Å². The van der Waals surface area contributed by atoms with Crippen LogP contribution in [0.15, 0.2) is 51.7 Å². The first-order chi connectivity index (χ1) is 14.8. The lowest BCUT2D eigenvalue weighted by molar-refractivity contribution is 0.102. The van der Waals surface area contributed by atoms with Crippen LogP contribution in [0.5, 0.6) is 0 Å². The summed E-state index contributed by atoms with van der Waals surface area (Å²) in [6, 6.07) is 13.6. The molecule has 1 heterocycles. The first kappa shape index (κ1) is 23.3. The summed E-state index contributed by atoms with van der Waals surface area (Å²) in [5, 5.41) is 3.70. The highest BCUT2D eigenvalue weighted by molar-refractivity contribution is 9.10. The molecular weight excluding hydrogens is 476 g/mol. The topological polar surface area (TPSA) is 51.1 Å². The van der Waals surface area contributed by atoms with Gasteiger partial charge in [-0.05, 0) is 71.4 Å². The molecular formula is C25H26BrClN2O2. The summed E-state index contributed by atoms with van der Waals surface area (Å²) >= 11 is 9.42. The number of benzene rings is 2. The molecule has 3 rings (SSSR count). The maximum atomic E-state index is 13.3. The second-order valence-corrected chi connectivity index (χ2v) is 8.74. The molecule has 0 aliphatic rings. The third-order valence-electron chi connectivity index (χ3n) is 5.63. The Bertz CT molecular complexity index is 1160. The van der Waals surface area contributed by atoms with Crippen molar-refractivity contribution < 1.29 is 4.79 Å². The minimum Gasteiger partial charge on any atom is -0.343 e. The molecule has 0 unspecified atom stereocenters. The van der Waals surface area contributed by atoms with Gasteiger partial charge in [-0.15, -0.1) is 0 Å². The normalized spacial score (nSPS) is 10.9. The fourth-order valence-electron chi connectivity index (χ4n) is 3.80. The van der Waals surface area contributed by atoms with Gasteiger partial charge in [0.25, 0.3) is 5.91 Å². The van der Waals surface area contributed by atoms with Gasteiger partial charge in [-0.1, -0.05) is 55.8 Å². The molecule has 0 bridgehead atoms. The predicted molar refractivity (Wildman–Crippen MR) is 132 cm³/mol. The van der Waals surface area contributed by atoms with E-state index in [9.17, 15) is 9.59 Å². The molecule has 31 heavy (non-hydrogen) atoms. The summed E-state index contributed by atoms with van der Waals surface area (Å²) in [5.74, 6) is -0.386. The Morgan fingerprint density at radius 3 is 2.13 bits per heavy atom. The van der Waals surface area contributed by atoms with E-state index in [1.54, 1.807) is 0 Å². The molecule has 1 amide bonds. The van der Waals surface area contributed by atoms with Gasteiger partial charge in [0.1, 0.15) is 5.56 Å². The molecule has 162 valence electrons. The summed E-state index contributed by atoms with van der Waals surface area (Å²) in [7, 11) is 0. The molecule has 3 aromatic rings. The van der Waals surface area contributed by atoms with E-state index in [0.29, 0.717) is 21.7 Å². The minimum absolute atomic E-state index is 0.152. The predicted octanol–water partition coefficient (Wildman–Crippen LogP) is 6.31. The molecule has 0 spiro atoms. The molecule has 1 N–H and O–H groups in total. The van der Waals surface area contributed by atoms with Crippen molar-refractivity contribution in [3.05, 3.63) is 95.8 Å². The molecule has 0 aliphatic heterocycles. The molecule has 4 nitrogen and oxygen atoms in total. The Hall–Kier alpha value is -2.37. The summed E-state index contributed by atoms with van der Waals surface area (Å²) in [5.41, 5.74) is 5.20. The van der Waals surface area contributed by atoms with E-state index in [1.165, 1.54) is 0 Å². The Balaban J connectivity index is 2.07. The molecule has 0 fully saturated rings. The van der Waals surface area contributed by atoms with Gasteiger partial charge in [-0.2, -0.15) is 0 Å². The number of aryl methyl sites for hydroxylation is 2. The van der Waals surface area contributed by atoms with E-state index in [-0.39, 0.29) is 16.9 Å². The zero-order valence-electron chi connectivity index (χ0n) is 18.2. The van der Waals surface area contributed by atoms with Crippen LogP contribution in [0, 0.1) is 13.8 Å². The smallest absolute Gasteiger partial charge is 0.261 e. The van der Waals surface area contributed by atoms with Crippen LogP contribution in [0.4, 0.5) is 5.69 Å². The lowest BCUT2D eigenvalue weighted by atomic mass is 10.0. The average Bonchev–Trinajstić information content (AvgIpc) is 2.76. The van der Waals surface area contributed by atoms with Gasteiger partial charge in [0.05, 0.1) is 4.47 Å². The second-order valence-electron chi connectivity index (χ2n) is 7.51. The van der Waals surface area contributed by atoms with E-state index in [4.69, 9.17) is 11.6 Å². The van der Waals surface area contributed by atoms with Gasteiger partial charge in [0, 0.05) is 28.6 Å². The van der Waals surface area contributed by atoms with Gasteiger partial charge in [0.2, 0.25) is 5.43 Å². The highest BCUT2D eigenvalue weighted by Gasteiger charge is 2.22. The first-order valence-corrected chi connectivity index (χ1v) is 11.5. The molecule has 0 atom stereocenters. The van der Waals surface area contributed by atoms with Crippen LogP contribution in [-0.4, -0.2) is 10.5 Å². The standard InChI is InChI=1S/C25H26BrClN2O2/c1-5-18-8-7-9-19(6-2)23(18)28-25(31)21-15(3)29(16(4)22(26)24(21)30)14-17-10-12-20(27)13-11-17/h7-13H,5-6,14H2,1-4H3,(H,28,31). The van der Waals surface area contributed by atoms with E-state index < -0.39 is 0 Å². The number of amides is 1. The number of rotatable bonds is 6. The molecule has 0 radical (unpaired) electrons. The Labute approximate surface area is 196 Å². The highest BCUT2D eigenvalue weighted by atomic mass is 79.9. The van der Waals surface area contributed by atoms with Crippen LogP contribution in [-0.2, 0) is 19.4 Å².